The summed E-state index contributed by atoms with van der Waals surface area (Å²) < 4.78 is 32.9. The van der Waals surface area contributed by atoms with Crippen molar-refractivity contribution >= 4 is 39.2 Å². The zero-order valence-corrected chi connectivity index (χ0v) is 21.7. The normalized spacial score (nSPS) is 21.9. The van der Waals surface area contributed by atoms with Gasteiger partial charge in [0.2, 0.25) is 15.9 Å². The number of piperidine rings is 1. The maximum absolute atomic E-state index is 13.1. The first kappa shape index (κ1) is 25.8. The molecule has 0 spiro atoms. The fraction of sp³-hybridized carbons (Fsp3) is 0.423. The van der Waals surface area contributed by atoms with Crippen LogP contribution in [0.4, 0.5) is 11.4 Å². The van der Waals surface area contributed by atoms with E-state index in [1.54, 1.807) is 38.1 Å². The Morgan fingerprint density at radius 2 is 1.64 bits per heavy atom. The summed E-state index contributed by atoms with van der Waals surface area (Å²) in [5.41, 5.74) is -0.0508. The highest BCUT2D eigenvalue weighted by atomic mass is 32.2. The number of carbonyl (C=O) groups excluding carboxylic acids is 3. The van der Waals surface area contributed by atoms with Crippen LogP contribution in [0.25, 0.3) is 0 Å². The van der Waals surface area contributed by atoms with Gasteiger partial charge < -0.3 is 10.1 Å². The standard InChI is InChI=1S/C26H31N3O6S/c1-17-13-18(2)15-28(14-17)36(33,34)20-11-9-19(10-12-20)24(31)35-16-23(30)29-22-8-6-5-7-21(22)27-25(32)26(29,3)4/h5-12,17-18H,13-16H2,1-4H3,(H,27,32)/t17-,18-/m0/s1. The Labute approximate surface area is 211 Å². The first-order valence-corrected chi connectivity index (χ1v) is 13.4. The quantitative estimate of drug-likeness (QED) is 0.614. The Morgan fingerprint density at radius 1 is 1.03 bits per heavy atom. The summed E-state index contributed by atoms with van der Waals surface area (Å²) >= 11 is 0. The molecule has 2 aromatic rings. The first-order chi connectivity index (χ1) is 16.9. The summed E-state index contributed by atoms with van der Waals surface area (Å²) in [7, 11) is -3.67. The Bertz CT molecular complexity index is 1280. The second-order valence-electron chi connectivity index (χ2n) is 10.1. The molecule has 0 bridgehead atoms. The van der Waals surface area contributed by atoms with Gasteiger partial charge in [-0.3, -0.25) is 14.5 Å². The topological polar surface area (TPSA) is 113 Å². The van der Waals surface area contributed by atoms with Gasteiger partial charge in [0, 0.05) is 13.1 Å². The number of nitrogens with zero attached hydrogens (tertiary/aromatic N) is 2. The van der Waals surface area contributed by atoms with E-state index in [0.717, 1.165) is 6.42 Å². The zero-order chi connectivity index (χ0) is 26.3. The van der Waals surface area contributed by atoms with Gasteiger partial charge in [-0.2, -0.15) is 4.31 Å². The molecule has 2 aliphatic rings. The highest BCUT2D eigenvalue weighted by Crippen LogP contribution is 2.36. The van der Waals surface area contributed by atoms with Crippen molar-refractivity contribution in [3.05, 3.63) is 54.1 Å². The van der Waals surface area contributed by atoms with Crippen LogP contribution in [0.1, 0.15) is 44.5 Å². The zero-order valence-electron chi connectivity index (χ0n) is 20.9. The van der Waals surface area contributed by atoms with Crippen molar-refractivity contribution in [3.8, 4) is 0 Å². The Balaban J connectivity index is 1.44. The summed E-state index contributed by atoms with van der Waals surface area (Å²) in [6, 6.07) is 12.4. The molecule has 4 rings (SSSR count). The van der Waals surface area contributed by atoms with Gasteiger partial charge in [-0.25, -0.2) is 13.2 Å². The number of ether oxygens (including phenoxy) is 1. The van der Waals surface area contributed by atoms with E-state index >= 15 is 0 Å². The Morgan fingerprint density at radius 3 is 2.28 bits per heavy atom. The lowest BCUT2D eigenvalue weighted by atomic mass is 9.94. The van der Waals surface area contributed by atoms with Gasteiger partial charge in [0.05, 0.1) is 21.8 Å². The predicted octanol–water partition coefficient (Wildman–Crippen LogP) is 3.27. The fourth-order valence-electron chi connectivity index (χ4n) is 4.89. The molecule has 2 amide bonds. The highest BCUT2D eigenvalue weighted by molar-refractivity contribution is 7.89. The van der Waals surface area contributed by atoms with Crippen molar-refractivity contribution in [2.75, 3.05) is 29.9 Å². The summed E-state index contributed by atoms with van der Waals surface area (Å²) in [5.74, 6) is -1.12. The van der Waals surface area contributed by atoms with Crippen molar-refractivity contribution in [3.63, 3.8) is 0 Å². The second kappa shape index (κ2) is 9.67. The molecule has 2 aliphatic heterocycles. The van der Waals surface area contributed by atoms with E-state index in [1.807, 2.05) is 13.8 Å². The minimum Gasteiger partial charge on any atom is -0.452 e. The third-order valence-corrected chi connectivity index (χ3v) is 8.49. The van der Waals surface area contributed by atoms with Crippen LogP contribution >= 0.6 is 0 Å². The van der Waals surface area contributed by atoms with E-state index in [-0.39, 0.29) is 28.2 Å². The number of carbonyl (C=O) groups is 3. The van der Waals surface area contributed by atoms with Crippen molar-refractivity contribution in [2.45, 2.75) is 44.6 Å². The summed E-state index contributed by atoms with van der Waals surface area (Å²) in [5, 5.41) is 2.78. The Kier molecular flexibility index (Phi) is 6.94. The van der Waals surface area contributed by atoms with Crippen molar-refractivity contribution in [1.82, 2.24) is 4.31 Å². The Hall–Kier alpha value is -3.24. The van der Waals surface area contributed by atoms with Crippen LogP contribution in [-0.4, -0.2) is 55.7 Å². The van der Waals surface area contributed by atoms with Crippen LogP contribution in [-0.2, 0) is 24.3 Å². The molecule has 2 aromatic carbocycles. The maximum atomic E-state index is 13.1. The number of hydrogen-bond acceptors (Lipinski definition) is 6. The van der Waals surface area contributed by atoms with Gasteiger partial charge in [0.1, 0.15) is 5.54 Å². The molecule has 1 N–H and O–H groups in total. The number of esters is 1. The third kappa shape index (κ3) is 4.87. The number of anilines is 2. The molecule has 0 aromatic heterocycles. The first-order valence-electron chi connectivity index (χ1n) is 11.9. The van der Waals surface area contributed by atoms with E-state index in [1.165, 1.54) is 33.5 Å². The SMILES string of the molecule is C[C@H]1C[C@H](C)CN(S(=O)(=O)c2ccc(C(=O)OCC(=O)N3c4ccccc4NC(=O)C3(C)C)cc2)C1. The lowest BCUT2D eigenvalue weighted by molar-refractivity contribution is -0.128. The molecule has 0 aliphatic carbocycles. The number of benzene rings is 2. The average Bonchev–Trinajstić information content (AvgIpc) is 2.82. The molecule has 0 saturated carbocycles. The lowest BCUT2D eigenvalue weighted by Crippen LogP contribution is -2.59. The van der Waals surface area contributed by atoms with E-state index in [2.05, 4.69) is 5.32 Å². The lowest BCUT2D eigenvalue weighted by Gasteiger charge is -2.41. The van der Waals surface area contributed by atoms with Crippen LogP contribution < -0.4 is 10.2 Å². The van der Waals surface area contributed by atoms with Crippen molar-refractivity contribution in [1.29, 1.82) is 0 Å². The average molecular weight is 514 g/mol. The number of amides is 2. The monoisotopic (exact) mass is 513 g/mol. The molecule has 10 heteroatoms. The minimum absolute atomic E-state index is 0.106. The summed E-state index contributed by atoms with van der Waals surface area (Å²) in [4.78, 5) is 39.7. The highest BCUT2D eigenvalue weighted by Gasteiger charge is 2.43. The molecule has 36 heavy (non-hydrogen) atoms. The van der Waals surface area contributed by atoms with Crippen molar-refractivity contribution in [2.24, 2.45) is 11.8 Å². The van der Waals surface area contributed by atoms with Crippen LogP contribution in [0.3, 0.4) is 0 Å². The maximum Gasteiger partial charge on any atom is 0.338 e. The molecule has 9 nitrogen and oxygen atoms in total. The number of para-hydroxylation sites is 2. The van der Waals surface area contributed by atoms with Crippen LogP contribution in [0.2, 0.25) is 0 Å². The molecule has 192 valence electrons. The molecule has 0 radical (unpaired) electrons. The smallest absolute Gasteiger partial charge is 0.338 e. The number of nitrogens with one attached hydrogen (secondary N) is 1. The minimum atomic E-state index is -3.67. The molecular weight excluding hydrogens is 482 g/mol. The molecule has 1 saturated heterocycles. The van der Waals surface area contributed by atoms with Crippen LogP contribution in [0.15, 0.2) is 53.4 Å². The summed E-state index contributed by atoms with van der Waals surface area (Å²) in [6.45, 7) is 7.65. The molecule has 2 heterocycles. The van der Waals surface area contributed by atoms with Crippen molar-refractivity contribution < 1.29 is 27.5 Å². The number of sulfonamides is 1. The largest absolute Gasteiger partial charge is 0.452 e. The van der Waals surface area contributed by atoms with Gasteiger partial charge in [0.15, 0.2) is 6.61 Å². The van der Waals surface area contributed by atoms with E-state index in [0.29, 0.717) is 24.5 Å². The van der Waals surface area contributed by atoms with Gasteiger partial charge >= 0.3 is 5.97 Å². The predicted molar refractivity (Wildman–Crippen MR) is 135 cm³/mol. The van der Waals surface area contributed by atoms with Gasteiger partial charge in [-0.1, -0.05) is 26.0 Å². The van der Waals surface area contributed by atoms with E-state index < -0.39 is 34.0 Å². The van der Waals surface area contributed by atoms with E-state index in [9.17, 15) is 22.8 Å². The number of rotatable bonds is 5. The molecule has 1 fully saturated rings. The van der Waals surface area contributed by atoms with Gasteiger partial charge in [-0.15, -0.1) is 0 Å². The van der Waals surface area contributed by atoms with Gasteiger partial charge in [-0.05, 0) is 68.5 Å². The van der Waals surface area contributed by atoms with E-state index in [4.69, 9.17) is 4.74 Å². The van der Waals surface area contributed by atoms with Crippen LogP contribution in [0.5, 0.6) is 0 Å². The molecular formula is C26H31N3O6S. The molecule has 2 atom stereocenters. The van der Waals surface area contributed by atoms with Gasteiger partial charge in [0.25, 0.3) is 5.91 Å². The number of fused-ring (bicyclic) bond motifs is 1. The molecule has 0 unspecified atom stereocenters. The van der Waals surface area contributed by atoms with Crippen LogP contribution in [0, 0.1) is 11.8 Å². The second-order valence-corrected chi connectivity index (χ2v) is 12.1. The third-order valence-electron chi connectivity index (χ3n) is 6.65. The summed E-state index contributed by atoms with van der Waals surface area (Å²) in [6.07, 6.45) is 0.986. The fourth-order valence-corrected chi connectivity index (χ4v) is 6.57. The number of hydrogen-bond donors (Lipinski definition) is 1.